The second kappa shape index (κ2) is 6.90. The summed E-state index contributed by atoms with van der Waals surface area (Å²) in [4.78, 5) is 10.7. The molecular formula is C15H20ClNO2. The fraction of sp³-hybridized carbons (Fsp3) is 0.600. The number of para-hydroxylation sites is 1. The fourth-order valence-corrected chi connectivity index (χ4v) is 3.31. The van der Waals surface area contributed by atoms with Crippen molar-refractivity contribution in [2.45, 2.75) is 50.3 Å². The van der Waals surface area contributed by atoms with E-state index in [1.165, 1.54) is 19.3 Å². The summed E-state index contributed by atoms with van der Waals surface area (Å²) >= 11 is 6.42. The van der Waals surface area contributed by atoms with Gasteiger partial charge in [0.1, 0.15) is 0 Å². The van der Waals surface area contributed by atoms with Crippen LogP contribution in [0.2, 0.25) is 0 Å². The lowest BCUT2D eigenvalue weighted by Crippen LogP contribution is -2.14. The summed E-state index contributed by atoms with van der Waals surface area (Å²) < 4.78 is 0. The normalized spacial score (nSPS) is 23.8. The summed E-state index contributed by atoms with van der Waals surface area (Å²) in [5.41, 5.74) is 1.07. The fourth-order valence-electron chi connectivity index (χ4n) is 2.91. The van der Waals surface area contributed by atoms with Crippen molar-refractivity contribution in [2.75, 3.05) is 0 Å². The van der Waals surface area contributed by atoms with Crippen LogP contribution in [-0.4, -0.2) is 10.3 Å². The maximum Gasteiger partial charge on any atom is 0.272 e. The van der Waals surface area contributed by atoms with Gasteiger partial charge in [0.2, 0.25) is 0 Å². The van der Waals surface area contributed by atoms with E-state index in [1.807, 2.05) is 12.1 Å². The van der Waals surface area contributed by atoms with E-state index in [2.05, 4.69) is 0 Å². The molecule has 0 aromatic heterocycles. The van der Waals surface area contributed by atoms with Crippen LogP contribution >= 0.6 is 11.6 Å². The van der Waals surface area contributed by atoms with Gasteiger partial charge in [-0.1, -0.05) is 37.5 Å². The van der Waals surface area contributed by atoms with E-state index in [9.17, 15) is 10.1 Å². The van der Waals surface area contributed by atoms with E-state index < -0.39 is 0 Å². The van der Waals surface area contributed by atoms with Gasteiger partial charge in [-0.15, -0.1) is 11.6 Å². The van der Waals surface area contributed by atoms with Gasteiger partial charge in [-0.25, -0.2) is 0 Å². The van der Waals surface area contributed by atoms with E-state index in [0.29, 0.717) is 5.92 Å². The van der Waals surface area contributed by atoms with E-state index >= 15 is 0 Å². The Balaban J connectivity index is 1.99. The molecule has 1 aliphatic carbocycles. The Kier molecular flexibility index (Phi) is 5.20. The van der Waals surface area contributed by atoms with Gasteiger partial charge in [0.05, 0.1) is 4.92 Å². The highest BCUT2D eigenvalue weighted by atomic mass is 35.5. The predicted molar refractivity (Wildman–Crippen MR) is 77.6 cm³/mol. The number of hydrogen-bond donors (Lipinski definition) is 0. The smallest absolute Gasteiger partial charge is 0.258 e. The molecule has 104 valence electrons. The van der Waals surface area contributed by atoms with Crippen LogP contribution < -0.4 is 0 Å². The van der Waals surface area contributed by atoms with Gasteiger partial charge >= 0.3 is 0 Å². The SMILES string of the molecule is O=[N+]([O-])c1ccccc1CCC1CCCCCC1Cl. The summed E-state index contributed by atoms with van der Waals surface area (Å²) in [7, 11) is 0. The summed E-state index contributed by atoms with van der Waals surface area (Å²) in [5, 5.41) is 11.2. The Morgan fingerprint density at radius 1 is 1.21 bits per heavy atom. The minimum absolute atomic E-state index is 0.238. The van der Waals surface area contributed by atoms with Gasteiger partial charge in [0.15, 0.2) is 0 Å². The minimum atomic E-state index is -0.291. The van der Waals surface area contributed by atoms with Gasteiger partial charge in [-0.2, -0.15) is 0 Å². The quantitative estimate of drug-likeness (QED) is 0.347. The highest BCUT2D eigenvalue weighted by Gasteiger charge is 2.22. The monoisotopic (exact) mass is 281 g/mol. The third-order valence-electron chi connectivity index (χ3n) is 4.04. The molecule has 2 unspecified atom stereocenters. The molecule has 1 aromatic rings. The number of aryl methyl sites for hydroxylation is 1. The van der Waals surface area contributed by atoms with Crippen molar-refractivity contribution < 1.29 is 4.92 Å². The molecule has 1 aliphatic rings. The number of nitro groups is 1. The molecule has 0 aliphatic heterocycles. The van der Waals surface area contributed by atoms with Crippen LogP contribution in [0.25, 0.3) is 0 Å². The molecule has 0 radical (unpaired) electrons. The van der Waals surface area contributed by atoms with E-state index in [-0.39, 0.29) is 16.0 Å². The molecule has 1 aromatic carbocycles. The van der Waals surface area contributed by atoms with Crippen LogP contribution in [0.3, 0.4) is 0 Å². The number of hydrogen-bond acceptors (Lipinski definition) is 2. The lowest BCUT2D eigenvalue weighted by molar-refractivity contribution is -0.385. The van der Waals surface area contributed by atoms with Crippen molar-refractivity contribution in [3.63, 3.8) is 0 Å². The van der Waals surface area contributed by atoms with Crippen molar-refractivity contribution in [1.82, 2.24) is 0 Å². The molecule has 3 nitrogen and oxygen atoms in total. The predicted octanol–water partition coefficient (Wildman–Crippen LogP) is 4.72. The van der Waals surface area contributed by atoms with Crippen molar-refractivity contribution >= 4 is 17.3 Å². The minimum Gasteiger partial charge on any atom is -0.258 e. The van der Waals surface area contributed by atoms with Crippen molar-refractivity contribution in [1.29, 1.82) is 0 Å². The number of alkyl halides is 1. The molecule has 0 saturated heterocycles. The maximum atomic E-state index is 11.0. The summed E-state index contributed by atoms with van der Waals surface area (Å²) in [6, 6.07) is 7.03. The lowest BCUT2D eigenvalue weighted by atomic mass is 9.92. The number of rotatable bonds is 4. The molecule has 4 heteroatoms. The van der Waals surface area contributed by atoms with Crippen LogP contribution in [0.15, 0.2) is 24.3 Å². The number of benzene rings is 1. The standard InChI is InChI=1S/C15H20ClNO2/c16-14-8-3-1-2-6-12(14)10-11-13-7-4-5-9-15(13)17(18)19/h4-5,7,9,12,14H,1-3,6,8,10-11H2. The van der Waals surface area contributed by atoms with Crippen LogP contribution in [0, 0.1) is 16.0 Å². The average Bonchev–Trinajstić information content (AvgIpc) is 2.61. The summed E-state index contributed by atoms with van der Waals surface area (Å²) in [6.45, 7) is 0. The van der Waals surface area contributed by atoms with Gasteiger partial charge < -0.3 is 0 Å². The largest absolute Gasteiger partial charge is 0.272 e. The molecule has 0 amide bonds. The van der Waals surface area contributed by atoms with Gasteiger partial charge in [-0.3, -0.25) is 10.1 Å². The van der Waals surface area contributed by atoms with Crippen LogP contribution in [0.4, 0.5) is 5.69 Å². The van der Waals surface area contributed by atoms with Crippen molar-refractivity contribution in [3.8, 4) is 0 Å². The van der Waals surface area contributed by atoms with Crippen LogP contribution in [-0.2, 0) is 6.42 Å². The first-order chi connectivity index (χ1) is 9.18. The molecule has 2 atom stereocenters. The zero-order valence-electron chi connectivity index (χ0n) is 11.1. The molecule has 2 rings (SSSR count). The highest BCUT2D eigenvalue weighted by molar-refractivity contribution is 6.20. The Labute approximate surface area is 119 Å². The van der Waals surface area contributed by atoms with Gasteiger partial charge in [0, 0.05) is 17.0 Å². The first-order valence-electron chi connectivity index (χ1n) is 7.05. The molecule has 1 fully saturated rings. The van der Waals surface area contributed by atoms with E-state index in [4.69, 9.17) is 11.6 Å². The number of nitrogens with zero attached hydrogens (tertiary/aromatic N) is 1. The molecule has 1 saturated carbocycles. The first-order valence-corrected chi connectivity index (χ1v) is 7.48. The van der Waals surface area contributed by atoms with Gasteiger partial charge in [0.25, 0.3) is 5.69 Å². The van der Waals surface area contributed by atoms with Crippen LogP contribution in [0.5, 0.6) is 0 Å². The molecule has 0 spiro atoms. The Hall–Kier alpha value is -1.09. The van der Waals surface area contributed by atoms with Crippen LogP contribution in [0.1, 0.15) is 44.1 Å². The zero-order valence-corrected chi connectivity index (χ0v) is 11.8. The zero-order chi connectivity index (χ0) is 13.7. The number of halogens is 1. The summed E-state index contributed by atoms with van der Waals surface area (Å²) in [6.07, 6.45) is 7.69. The van der Waals surface area contributed by atoms with Crippen molar-refractivity contribution in [3.05, 3.63) is 39.9 Å². The average molecular weight is 282 g/mol. The topological polar surface area (TPSA) is 43.1 Å². The first kappa shape index (κ1) is 14.3. The molecule has 0 heterocycles. The Bertz CT molecular complexity index is 436. The molecule has 0 N–H and O–H groups in total. The Morgan fingerprint density at radius 3 is 2.74 bits per heavy atom. The third-order valence-corrected chi connectivity index (χ3v) is 4.61. The molecular weight excluding hydrogens is 262 g/mol. The lowest BCUT2D eigenvalue weighted by Gasteiger charge is -2.19. The van der Waals surface area contributed by atoms with E-state index in [0.717, 1.165) is 31.2 Å². The number of nitro benzene ring substituents is 1. The summed E-state index contributed by atoms with van der Waals surface area (Å²) in [5.74, 6) is 0.504. The Morgan fingerprint density at radius 2 is 1.95 bits per heavy atom. The maximum absolute atomic E-state index is 11.0. The van der Waals surface area contributed by atoms with Gasteiger partial charge in [-0.05, 0) is 31.6 Å². The second-order valence-electron chi connectivity index (χ2n) is 5.34. The second-order valence-corrected chi connectivity index (χ2v) is 5.90. The third kappa shape index (κ3) is 3.93. The van der Waals surface area contributed by atoms with Crippen molar-refractivity contribution in [2.24, 2.45) is 5.92 Å². The van der Waals surface area contributed by atoms with E-state index in [1.54, 1.807) is 12.1 Å². The molecule has 19 heavy (non-hydrogen) atoms. The molecule has 0 bridgehead atoms. The highest BCUT2D eigenvalue weighted by Crippen LogP contribution is 2.31.